The highest BCUT2D eigenvalue weighted by Crippen LogP contribution is 2.49. The van der Waals surface area contributed by atoms with Crippen molar-refractivity contribution in [2.45, 2.75) is 31.9 Å². The summed E-state index contributed by atoms with van der Waals surface area (Å²) in [6.45, 7) is 6.07. The fraction of sp³-hybridized carbons (Fsp3) is 0.526. The number of nitrogens with zero attached hydrogens (tertiary/aromatic N) is 3. The molecule has 0 bridgehead atoms. The average Bonchev–Trinajstić information content (AvgIpc) is 3.48. The first-order chi connectivity index (χ1) is 12.9. The number of halogens is 2. The number of rotatable bonds is 4. The zero-order valence-electron chi connectivity index (χ0n) is 15.2. The van der Waals surface area contributed by atoms with Crippen molar-refractivity contribution in [3.8, 4) is 0 Å². The molecule has 4 rings (SSSR count). The first kappa shape index (κ1) is 18.5. The Hall–Kier alpha value is -1.83. The number of likely N-dealkylation sites (N-methyl/N-ethyl adjacent to an activating group) is 1. The van der Waals surface area contributed by atoms with Gasteiger partial charge in [0.2, 0.25) is 0 Å². The molecule has 6 nitrogen and oxygen atoms in total. The van der Waals surface area contributed by atoms with Crippen LogP contribution in [-0.2, 0) is 4.79 Å². The van der Waals surface area contributed by atoms with Gasteiger partial charge < -0.3 is 24.9 Å². The van der Waals surface area contributed by atoms with Crippen LogP contribution < -0.4 is 9.80 Å². The molecule has 1 aromatic carbocycles. The van der Waals surface area contributed by atoms with Gasteiger partial charge in [0.15, 0.2) is 0 Å². The van der Waals surface area contributed by atoms with Crippen molar-refractivity contribution >= 4 is 28.9 Å². The molecule has 0 aromatic heterocycles. The van der Waals surface area contributed by atoms with Crippen LogP contribution in [0.2, 0.25) is 5.02 Å². The van der Waals surface area contributed by atoms with Gasteiger partial charge in [-0.05, 0) is 25.5 Å². The summed E-state index contributed by atoms with van der Waals surface area (Å²) < 4.78 is 15.0. The zero-order chi connectivity index (χ0) is 19.3. The van der Waals surface area contributed by atoms with E-state index in [0.717, 1.165) is 32.5 Å². The van der Waals surface area contributed by atoms with Crippen LogP contribution in [0.5, 0.6) is 0 Å². The Labute approximate surface area is 162 Å². The smallest absolute Gasteiger partial charge is 0.336 e. The minimum Gasteiger partial charge on any atom is -0.478 e. The highest BCUT2D eigenvalue weighted by molar-refractivity contribution is 6.36. The van der Waals surface area contributed by atoms with Crippen LogP contribution in [0.4, 0.5) is 15.8 Å². The number of benzene rings is 1. The van der Waals surface area contributed by atoms with Crippen LogP contribution in [0.3, 0.4) is 0 Å². The fourth-order valence-electron chi connectivity index (χ4n) is 3.93. The number of hydrogen-bond donors (Lipinski definition) is 2. The molecule has 0 radical (unpaired) electrons. The summed E-state index contributed by atoms with van der Waals surface area (Å²) >= 11 is 6.67. The molecule has 1 saturated carbocycles. The Morgan fingerprint density at radius 2 is 1.93 bits per heavy atom. The normalized spacial score (nSPS) is 23.3. The monoisotopic (exact) mass is 395 g/mol. The van der Waals surface area contributed by atoms with Gasteiger partial charge in [0.25, 0.3) is 0 Å². The number of piperazine rings is 1. The molecule has 1 aliphatic carbocycles. The molecule has 3 aliphatic rings. The van der Waals surface area contributed by atoms with Crippen molar-refractivity contribution in [3.05, 3.63) is 34.2 Å². The van der Waals surface area contributed by atoms with Gasteiger partial charge in [-0.2, -0.15) is 0 Å². The largest absolute Gasteiger partial charge is 0.478 e. The summed E-state index contributed by atoms with van der Waals surface area (Å²) in [5, 5.41) is 20.2. The van der Waals surface area contributed by atoms with Crippen molar-refractivity contribution in [3.63, 3.8) is 0 Å². The average molecular weight is 396 g/mol. The summed E-state index contributed by atoms with van der Waals surface area (Å²) in [4.78, 5) is 17.6. The van der Waals surface area contributed by atoms with E-state index in [1.165, 1.54) is 12.3 Å². The Kier molecular flexibility index (Phi) is 4.78. The van der Waals surface area contributed by atoms with Gasteiger partial charge in [-0.15, -0.1) is 0 Å². The lowest BCUT2D eigenvalue weighted by molar-refractivity contribution is -0.133. The molecular formula is C19H23ClFN3O3. The van der Waals surface area contributed by atoms with Crippen molar-refractivity contribution < 1.29 is 19.4 Å². The highest BCUT2D eigenvalue weighted by atomic mass is 35.5. The van der Waals surface area contributed by atoms with Gasteiger partial charge >= 0.3 is 5.97 Å². The van der Waals surface area contributed by atoms with E-state index in [4.69, 9.17) is 11.6 Å². The highest BCUT2D eigenvalue weighted by Gasteiger charge is 2.40. The number of aliphatic carboxylic acids is 1. The first-order valence-electron chi connectivity index (χ1n) is 9.33. The van der Waals surface area contributed by atoms with E-state index in [1.54, 1.807) is 4.90 Å². The number of carboxylic acid groups (broad SMARTS) is 1. The van der Waals surface area contributed by atoms with Crippen molar-refractivity contribution in [1.29, 1.82) is 0 Å². The van der Waals surface area contributed by atoms with Crippen LogP contribution in [-0.4, -0.2) is 59.8 Å². The van der Waals surface area contributed by atoms with Crippen LogP contribution in [0, 0.1) is 5.82 Å². The lowest BCUT2D eigenvalue weighted by atomic mass is 9.95. The predicted molar refractivity (Wildman–Crippen MR) is 102 cm³/mol. The maximum atomic E-state index is 15.0. The van der Waals surface area contributed by atoms with E-state index in [0.29, 0.717) is 24.5 Å². The predicted octanol–water partition coefficient (Wildman–Crippen LogP) is 2.61. The molecular weight excluding hydrogens is 373 g/mol. The van der Waals surface area contributed by atoms with Crippen LogP contribution in [0.15, 0.2) is 17.8 Å². The molecule has 2 aliphatic heterocycles. The van der Waals surface area contributed by atoms with E-state index < -0.39 is 17.9 Å². The Morgan fingerprint density at radius 3 is 2.48 bits per heavy atom. The van der Waals surface area contributed by atoms with Gasteiger partial charge in [0, 0.05) is 44.0 Å². The van der Waals surface area contributed by atoms with E-state index >= 15 is 4.39 Å². The number of aliphatic hydroxyl groups excluding tert-OH is 1. The molecule has 0 spiro atoms. The number of carbonyl (C=O) groups is 1. The maximum absolute atomic E-state index is 15.0. The SMILES string of the molecule is CCN1CCN(c2c(F)cc3c(c2Cl)N(C2CC2)C=C(C(=O)O)C3O)CC1. The number of anilines is 2. The van der Waals surface area contributed by atoms with Crippen LogP contribution in [0.1, 0.15) is 31.4 Å². The molecule has 2 heterocycles. The molecule has 2 fully saturated rings. The van der Waals surface area contributed by atoms with E-state index in [1.807, 2.05) is 4.90 Å². The van der Waals surface area contributed by atoms with Gasteiger partial charge in [-0.25, -0.2) is 9.18 Å². The Balaban J connectivity index is 1.77. The molecule has 8 heteroatoms. The minimum absolute atomic E-state index is 0.137. The number of aliphatic hydroxyl groups is 1. The van der Waals surface area contributed by atoms with Crippen LogP contribution in [0.25, 0.3) is 0 Å². The lowest BCUT2D eigenvalue weighted by Crippen LogP contribution is -2.46. The van der Waals surface area contributed by atoms with Crippen molar-refractivity contribution in [1.82, 2.24) is 4.90 Å². The topological polar surface area (TPSA) is 67.2 Å². The second-order valence-electron chi connectivity index (χ2n) is 7.31. The van der Waals surface area contributed by atoms with Gasteiger partial charge in [-0.3, -0.25) is 0 Å². The van der Waals surface area contributed by atoms with E-state index in [-0.39, 0.29) is 22.2 Å². The van der Waals surface area contributed by atoms with Gasteiger partial charge in [0.1, 0.15) is 11.9 Å². The molecule has 1 atom stereocenters. The molecule has 1 aromatic rings. The summed E-state index contributed by atoms with van der Waals surface area (Å²) in [5.74, 6) is -1.74. The second kappa shape index (κ2) is 6.96. The van der Waals surface area contributed by atoms with E-state index in [9.17, 15) is 15.0 Å². The Bertz CT molecular complexity index is 804. The van der Waals surface area contributed by atoms with Crippen molar-refractivity contribution in [2.24, 2.45) is 0 Å². The van der Waals surface area contributed by atoms with E-state index in [2.05, 4.69) is 11.8 Å². The standard InChI is InChI=1S/C19H23ClFN3O3/c1-2-22-5-7-23(8-6-22)17-14(21)9-12-16(15(17)20)24(11-3-4-11)10-13(18(12)25)19(26)27/h9-11,18,25H,2-8H2,1H3,(H,26,27). The number of hydrogen-bond acceptors (Lipinski definition) is 5. The quantitative estimate of drug-likeness (QED) is 0.817. The summed E-state index contributed by atoms with van der Waals surface area (Å²) in [5.41, 5.74) is 0.941. The third kappa shape index (κ3) is 3.17. The zero-order valence-corrected chi connectivity index (χ0v) is 15.9. The Morgan fingerprint density at radius 1 is 1.26 bits per heavy atom. The molecule has 2 N–H and O–H groups in total. The third-order valence-electron chi connectivity index (χ3n) is 5.65. The number of fused-ring (bicyclic) bond motifs is 1. The van der Waals surface area contributed by atoms with Gasteiger partial charge in [-0.1, -0.05) is 18.5 Å². The second-order valence-corrected chi connectivity index (χ2v) is 7.69. The summed E-state index contributed by atoms with van der Waals surface area (Å²) in [7, 11) is 0. The maximum Gasteiger partial charge on any atom is 0.336 e. The fourth-order valence-corrected chi connectivity index (χ4v) is 4.35. The molecule has 27 heavy (non-hydrogen) atoms. The summed E-state index contributed by atoms with van der Waals surface area (Å²) in [6, 6.07) is 1.39. The summed E-state index contributed by atoms with van der Waals surface area (Å²) in [6.07, 6.45) is 1.88. The third-order valence-corrected chi connectivity index (χ3v) is 6.00. The minimum atomic E-state index is -1.40. The first-order valence-corrected chi connectivity index (χ1v) is 9.70. The van der Waals surface area contributed by atoms with Crippen LogP contribution >= 0.6 is 11.6 Å². The molecule has 146 valence electrons. The molecule has 1 saturated heterocycles. The molecule has 1 unspecified atom stereocenters. The molecule has 0 amide bonds. The number of carboxylic acids is 1. The lowest BCUT2D eigenvalue weighted by Gasteiger charge is -2.38. The van der Waals surface area contributed by atoms with Gasteiger partial charge in [0.05, 0.1) is 22.0 Å². The van der Waals surface area contributed by atoms with Crippen molar-refractivity contribution in [2.75, 3.05) is 42.5 Å².